The summed E-state index contributed by atoms with van der Waals surface area (Å²) in [7, 11) is 0. The van der Waals surface area contributed by atoms with Gasteiger partial charge in [-0.15, -0.1) is 11.3 Å². The van der Waals surface area contributed by atoms with Gasteiger partial charge in [0.1, 0.15) is 0 Å². The lowest BCUT2D eigenvalue weighted by atomic mass is 9.95. The van der Waals surface area contributed by atoms with Crippen molar-refractivity contribution in [3.8, 4) is 0 Å². The van der Waals surface area contributed by atoms with Gasteiger partial charge >= 0.3 is 0 Å². The summed E-state index contributed by atoms with van der Waals surface area (Å²) < 4.78 is 5.25. The van der Waals surface area contributed by atoms with Gasteiger partial charge in [-0.2, -0.15) is 0 Å². The minimum atomic E-state index is -0.734. The molecule has 1 amide bonds. The number of halogens is 1. The normalized spacial score (nSPS) is 17.0. The molecule has 0 saturated carbocycles. The first-order valence-electron chi connectivity index (χ1n) is 8.31. The lowest BCUT2D eigenvalue weighted by molar-refractivity contribution is -0.130. The predicted octanol–water partition coefficient (Wildman–Crippen LogP) is 2.99. The number of ether oxygens (including phenoxy) is 1. The van der Waals surface area contributed by atoms with Gasteiger partial charge in [-0.1, -0.05) is 29.8 Å². The molecule has 8 heteroatoms. The van der Waals surface area contributed by atoms with Crippen molar-refractivity contribution in [3.05, 3.63) is 68.6 Å². The van der Waals surface area contributed by atoms with Crippen molar-refractivity contribution < 1.29 is 24.5 Å². The van der Waals surface area contributed by atoms with Crippen LogP contribution in [-0.2, 0) is 9.53 Å². The summed E-state index contributed by atoms with van der Waals surface area (Å²) in [4.78, 5) is 27.4. The molecule has 0 bridgehead atoms. The number of Topliss-reactive ketones (excluding diaryl/α,β-unsaturated/α-hetero) is 1. The summed E-state index contributed by atoms with van der Waals surface area (Å²) in [6.07, 6.45) is 0. The second-order valence-electron chi connectivity index (χ2n) is 5.86. The van der Waals surface area contributed by atoms with Gasteiger partial charge in [0.2, 0.25) is 5.78 Å². The van der Waals surface area contributed by atoms with Gasteiger partial charge in [-0.25, -0.2) is 0 Å². The summed E-state index contributed by atoms with van der Waals surface area (Å²) in [6, 6.07) is 9.45. The smallest absolute Gasteiger partial charge is 0.290 e. The Morgan fingerprint density at radius 1 is 1.22 bits per heavy atom. The number of amides is 1. The summed E-state index contributed by atoms with van der Waals surface area (Å²) in [5.74, 6) is -1.55. The summed E-state index contributed by atoms with van der Waals surface area (Å²) in [5.41, 5.74) is 0.714. The molecule has 1 aromatic heterocycles. The predicted molar refractivity (Wildman–Crippen MR) is 102 cm³/mol. The van der Waals surface area contributed by atoms with Gasteiger partial charge in [0.15, 0.2) is 5.76 Å². The number of thiophene rings is 1. The minimum absolute atomic E-state index is 0.0481. The molecule has 142 valence electrons. The van der Waals surface area contributed by atoms with E-state index in [2.05, 4.69) is 0 Å². The van der Waals surface area contributed by atoms with Crippen LogP contribution >= 0.6 is 22.9 Å². The maximum absolute atomic E-state index is 13.0. The van der Waals surface area contributed by atoms with Gasteiger partial charge in [-0.3, -0.25) is 9.59 Å². The Morgan fingerprint density at radius 2 is 1.96 bits per heavy atom. The van der Waals surface area contributed by atoms with Crippen molar-refractivity contribution in [1.82, 2.24) is 4.90 Å². The molecule has 6 nitrogen and oxygen atoms in total. The number of nitrogens with zero attached hydrogens (tertiary/aromatic N) is 1. The van der Waals surface area contributed by atoms with Gasteiger partial charge in [-0.05, 0) is 29.1 Å². The molecule has 1 aliphatic heterocycles. The van der Waals surface area contributed by atoms with E-state index in [0.29, 0.717) is 15.5 Å². The maximum Gasteiger partial charge on any atom is 0.290 e. The molecule has 2 aromatic rings. The summed E-state index contributed by atoms with van der Waals surface area (Å²) >= 11 is 7.21. The van der Waals surface area contributed by atoms with E-state index in [0.717, 1.165) is 0 Å². The second kappa shape index (κ2) is 8.67. The highest BCUT2D eigenvalue weighted by Crippen LogP contribution is 2.39. The fraction of sp³-hybridized carbons (Fsp3) is 0.263. The van der Waals surface area contributed by atoms with Crippen LogP contribution in [0.25, 0.3) is 0 Å². The first kappa shape index (κ1) is 19.6. The van der Waals surface area contributed by atoms with Crippen LogP contribution in [0.2, 0.25) is 5.02 Å². The number of hydrogen-bond donors (Lipinski definition) is 2. The molecule has 1 aliphatic rings. The standard InChI is InChI=1S/C19H18ClNO5S/c20-13-5-3-12(4-6-13)16-15(17(23)14-2-1-11-27-14)18(24)19(25)21(16)7-9-26-10-8-22/h1-6,11,16,22,24H,7-10H2/t16-/m1/s1. The van der Waals surface area contributed by atoms with Crippen LogP contribution in [0, 0.1) is 0 Å². The Hall–Kier alpha value is -2.19. The Morgan fingerprint density at radius 3 is 2.59 bits per heavy atom. The van der Waals surface area contributed by atoms with Gasteiger partial charge in [0.25, 0.3) is 5.91 Å². The fourth-order valence-electron chi connectivity index (χ4n) is 2.98. The van der Waals surface area contributed by atoms with Crippen molar-refractivity contribution in [2.45, 2.75) is 6.04 Å². The number of ketones is 1. The molecule has 2 heterocycles. The molecule has 0 aliphatic carbocycles. The van der Waals surface area contributed by atoms with Crippen LogP contribution in [0.1, 0.15) is 21.3 Å². The molecule has 0 fully saturated rings. The van der Waals surface area contributed by atoms with Crippen molar-refractivity contribution in [2.24, 2.45) is 0 Å². The molecule has 0 saturated heterocycles. The highest BCUT2D eigenvalue weighted by Gasteiger charge is 2.43. The lowest BCUT2D eigenvalue weighted by Crippen LogP contribution is -2.34. The van der Waals surface area contributed by atoms with Crippen molar-refractivity contribution >= 4 is 34.6 Å². The number of benzene rings is 1. The van der Waals surface area contributed by atoms with Crippen LogP contribution in [0.5, 0.6) is 0 Å². The maximum atomic E-state index is 13.0. The molecule has 3 rings (SSSR count). The SMILES string of the molecule is O=C(C1=C(O)C(=O)N(CCOCCO)[C@@H]1c1ccc(Cl)cc1)c1cccs1. The van der Waals surface area contributed by atoms with Gasteiger partial charge < -0.3 is 19.8 Å². The zero-order valence-corrected chi connectivity index (χ0v) is 15.9. The van der Waals surface area contributed by atoms with E-state index in [1.165, 1.54) is 16.2 Å². The Kier molecular flexibility index (Phi) is 6.28. The third kappa shape index (κ3) is 4.06. The monoisotopic (exact) mass is 407 g/mol. The zero-order valence-electron chi connectivity index (χ0n) is 14.3. The Balaban J connectivity index is 1.96. The number of hydrogen-bond acceptors (Lipinski definition) is 6. The average molecular weight is 408 g/mol. The Bertz CT molecular complexity index is 847. The van der Waals surface area contributed by atoms with Crippen molar-refractivity contribution in [1.29, 1.82) is 0 Å². The molecular weight excluding hydrogens is 390 g/mol. The van der Waals surface area contributed by atoms with Crippen LogP contribution < -0.4 is 0 Å². The summed E-state index contributed by atoms with van der Waals surface area (Å²) in [6.45, 7) is 0.357. The molecular formula is C19H18ClNO5S. The van der Waals surface area contributed by atoms with E-state index in [9.17, 15) is 14.7 Å². The third-order valence-electron chi connectivity index (χ3n) is 4.19. The Labute approximate surface area is 165 Å². The highest BCUT2D eigenvalue weighted by atomic mass is 35.5. The quantitative estimate of drug-likeness (QED) is 0.519. The minimum Gasteiger partial charge on any atom is -0.503 e. The fourth-order valence-corrected chi connectivity index (χ4v) is 3.78. The second-order valence-corrected chi connectivity index (χ2v) is 7.24. The topological polar surface area (TPSA) is 87.1 Å². The molecule has 0 unspecified atom stereocenters. The van der Waals surface area contributed by atoms with Gasteiger partial charge in [0, 0.05) is 11.6 Å². The first-order chi connectivity index (χ1) is 13.0. The molecule has 0 radical (unpaired) electrons. The molecule has 2 N–H and O–H groups in total. The van der Waals surface area contributed by atoms with Crippen molar-refractivity contribution in [2.75, 3.05) is 26.4 Å². The van der Waals surface area contributed by atoms with E-state index in [1.807, 2.05) is 0 Å². The lowest BCUT2D eigenvalue weighted by Gasteiger charge is -2.26. The van der Waals surface area contributed by atoms with E-state index in [-0.39, 0.29) is 37.7 Å². The van der Waals surface area contributed by atoms with E-state index < -0.39 is 17.7 Å². The van der Waals surface area contributed by atoms with Crippen molar-refractivity contribution in [3.63, 3.8) is 0 Å². The largest absolute Gasteiger partial charge is 0.503 e. The van der Waals surface area contributed by atoms with E-state index >= 15 is 0 Å². The highest BCUT2D eigenvalue weighted by molar-refractivity contribution is 7.12. The molecule has 1 atom stereocenters. The number of aliphatic hydroxyl groups excluding tert-OH is 2. The van der Waals surface area contributed by atoms with Crippen LogP contribution in [0.4, 0.5) is 0 Å². The number of carbonyl (C=O) groups is 2. The van der Waals surface area contributed by atoms with Crippen LogP contribution in [0.15, 0.2) is 53.1 Å². The van der Waals surface area contributed by atoms with Crippen LogP contribution in [-0.4, -0.2) is 53.2 Å². The molecule has 0 spiro atoms. The number of carbonyl (C=O) groups excluding carboxylic acids is 2. The average Bonchev–Trinajstić information content (AvgIpc) is 3.28. The summed E-state index contributed by atoms with van der Waals surface area (Å²) in [5, 5.41) is 21.6. The zero-order chi connectivity index (χ0) is 19.4. The van der Waals surface area contributed by atoms with Gasteiger partial charge in [0.05, 0.1) is 36.3 Å². The van der Waals surface area contributed by atoms with E-state index in [1.54, 1.807) is 41.8 Å². The third-order valence-corrected chi connectivity index (χ3v) is 5.31. The van der Waals surface area contributed by atoms with Crippen LogP contribution in [0.3, 0.4) is 0 Å². The van der Waals surface area contributed by atoms with E-state index in [4.69, 9.17) is 21.4 Å². The first-order valence-corrected chi connectivity index (χ1v) is 9.56. The molecule has 27 heavy (non-hydrogen) atoms. The molecule has 1 aromatic carbocycles. The number of rotatable bonds is 8. The number of aliphatic hydroxyl groups is 2.